The van der Waals surface area contributed by atoms with Crippen molar-refractivity contribution in [3.05, 3.63) is 29.3 Å². The quantitative estimate of drug-likeness (QED) is 0.676. The van der Waals surface area contributed by atoms with Crippen LogP contribution in [-0.2, 0) is 23.9 Å². The monoisotopic (exact) mass is 377 g/mol. The SMILES string of the molecule is CCOC(=O)C1CCN(C(=O)COC(=O)COc2cc(C)ccc2C)CC1. The highest BCUT2D eigenvalue weighted by Crippen LogP contribution is 2.20. The molecule has 1 aromatic rings. The van der Waals surface area contributed by atoms with E-state index in [2.05, 4.69) is 0 Å². The molecular weight excluding hydrogens is 350 g/mol. The fourth-order valence-electron chi connectivity index (χ4n) is 2.90. The van der Waals surface area contributed by atoms with Crippen molar-refractivity contribution in [2.45, 2.75) is 33.6 Å². The highest BCUT2D eigenvalue weighted by atomic mass is 16.6. The Morgan fingerprint density at radius 3 is 2.44 bits per heavy atom. The third-order valence-corrected chi connectivity index (χ3v) is 4.51. The molecule has 0 atom stereocenters. The number of rotatable bonds is 7. The number of ether oxygens (including phenoxy) is 3. The molecule has 1 amide bonds. The molecule has 0 spiro atoms. The fraction of sp³-hybridized carbons (Fsp3) is 0.550. The molecule has 7 heteroatoms. The molecule has 1 aliphatic rings. The molecule has 0 N–H and O–H groups in total. The van der Waals surface area contributed by atoms with Crippen molar-refractivity contribution in [3.63, 3.8) is 0 Å². The van der Waals surface area contributed by atoms with Crippen LogP contribution in [0, 0.1) is 19.8 Å². The fourth-order valence-corrected chi connectivity index (χ4v) is 2.90. The number of aryl methyl sites for hydroxylation is 2. The van der Waals surface area contributed by atoms with Gasteiger partial charge < -0.3 is 19.1 Å². The van der Waals surface area contributed by atoms with Crippen LogP contribution in [0.1, 0.15) is 30.9 Å². The maximum Gasteiger partial charge on any atom is 0.344 e. The van der Waals surface area contributed by atoms with Gasteiger partial charge in [0.1, 0.15) is 5.75 Å². The van der Waals surface area contributed by atoms with E-state index >= 15 is 0 Å². The first kappa shape index (κ1) is 20.7. The predicted molar refractivity (Wildman–Crippen MR) is 98.3 cm³/mol. The first-order valence-electron chi connectivity index (χ1n) is 9.20. The molecule has 2 rings (SSSR count). The highest BCUT2D eigenvalue weighted by molar-refractivity contribution is 5.81. The van der Waals surface area contributed by atoms with Crippen molar-refractivity contribution in [3.8, 4) is 5.75 Å². The van der Waals surface area contributed by atoms with Gasteiger partial charge in [0.15, 0.2) is 13.2 Å². The van der Waals surface area contributed by atoms with Gasteiger partial charge in [-0.15, -0.1) is 0 Å². The lowest BCUT2D eigenvalue weighted by Gasteiger charge is -2.30. The van der Waals surface area contributed by atoms with E-state index in [1.807, 2.05) is 32.0 Å². The number of esters is 2. The second kappa shape index (κ2) is 9.94. The average Bonchev–Trinajstić information content (AvgIpc) is 2.67. The van der Waals surface area contributed by atoms with E-state index in [9.17, 15) is 14.4 Å². The van der Waals surface area contributed by atoms with Gasteiger partial charge in [0.05, 0.1) is 12.5 Å². The smallest absolute Gasteiger partial charge is 0.344 e. The molecule has 0 aliphatic carbocycles. The standard InChI is InChI=1S/C20H27NO6/c1-4-25-20(24)16-7-9-21(10-8-16)18(22)12-27-19(23)13-26-17-11-14(2)5-6-15(17)3/h5-6,11,16H,4,7-10,12-13H2,1-3H3. The van der Waals surface area contributed by atoms with Gasteiger partial charge in [0, 0.05) is 13.1 Å². The van der Waals surface area contributed by atoms with Gasteiger partial charge in [-0.2, -0.15) is 0 Å². The van der Waals surface area contributed by atoms with Gasteiger partial charge >= 0.3 is 11.9 Å². The van der Waals surface area contributed by atoms with Crippen LogP contribution in [0.4, 0.5) is 0 Å². The molecule has 27 heavy (non-hydrogen) atoms. The van der Waals surface area contributed by atoms with Gasteiger partial charge in [-0.05, 0) is 50.8 Å². The minimum Gasteiger partial charge on any atom is -0.482 e. The van der Waals surface area contributed by atoms with Crippen LogP contribution in [0.15, 0.2) is 18.2 Å². The third-order valence-electron chi connectivity index (χ3n) is 4.51. The summed E-state index contributed by atoms with van der Waals surface area (Å²) >= 11 is 0. The van der Waals surface area contributed by atoms with E-state index in [4.69, 9.17) is 14.2 Å². The van der Waals surface area contributed by atoms with Crippen LogP contribution < -0.4 is 4.74 Å². The Hall–Kier alpha value is -2.57. The number of carbonyl (C=O) groups excluding carboxylic acids is 3. The second-order valence-electron chi connectivity index (χ2n) is 6.63. The number of benzene rings is 1. The first-order valence-corrected chi connectivity index (χ1v) is 9.20. The highest BCUT2D eigenvalue weighted by Gasteiger charge is 2.28. The molecule has 1 aliphatic heterocycles. The third kappa shape index (κ3) is 6.27. The van der Waals surface area contributed by atoms with E-state index in [0.717, 1.165) is 11.1 Å². The number of hydrogen-bond acceptors (Lipinski definition) is 6. The van der Waals surface area contributed by atoms with E-state index in [0.29, 0.717) is 38.3 Å². The zero-order chi connectivity index (χ0) is 19.8. The Bertz CT molecular complexity index is 679. The number of piperidine rings is 1. The molecule has 7 nitrogen and oxygen atoms in total. The van der Waals surface area contributed by atoms with Gasteiger partial charge in [-0.1, -0.05) is 12.1 Å². The summed E-state index contributed by atoms with van der Waals surface area (Å²) in [6, 6.07) is 5.73. The van der Waals surface area contributed by atoms with E-state index < -0.39 is 5.97 Å². The normalized spacial score (nSPS) is 14.6. The molecule has 1 heterocycles. The van der Waals surface area contributed by atoms with Gasteiger partial charge in [-0.25, -0.2) is 4.79 Å². The predicted octanol–water partition coefficient (Wildman–Crippen LogP) is 2.03. The van der Waals surface area contributed by atoms with Crippen LogP contribution in [0.5, 0.6) is 5.75 Å². The van der Waals surface area contributed by atoms with Crippen LogP contribution >= 0.6 is 0 Å². The van der Waals surface area contributed by atoms with E-state index in [1.54, 1.807) is 11.8 Å². The zero-order valence-corrected chi connectivity index (χ0v) is 16.2. The van der Waals surface area contributed by atoms with E-state index in [1.165, 1.54) is 0 Å². The molecule has 0 radical (unpaired) electrons. The largest absolute Gasteiger partial charge is 0.482 e. The lowest BCUT2D eigenvalue weighted by atomic mass is 9.97. The summed E-state index contributed by atoms with van der Waals surface area (Å²) in [5, 5.41) is 0. The molecule has 1 aromatic carbocycles. The summed E-state index contributed by atoms with van der Waals surface area (Å²) in [7, 11) is 0. The Morgan fingerprint density at radius 1 is 1.07 bits per heavy atom. The van der Waals surface area contributed by atoms with Crippen LogP contribution in [0.25, 0.3) is 0 Å². The zero-order valence-electron chi connectivity index (χ0n) is 16.2. The van der Waals surface area contributed by atoms with Crippen molar-refractivity contribution in [2.75, 3.05) is 32.9 Å². The van der Waals surface area contributed by atoms with Crippen molar-refractivity contribution in [1.29, 1.82) is 0 Å². The Balaban J connectivity index is 1.70. The Morgan fingerprint density at radius 2 is 1.78 bits per heavy atom. The number of hydrogen-bond donors (Lipinski definition) is 0. The number of nitrogens with zero attached hydrogens (tertiary/aromatic N) is 1. The summed E-state index contributed by atoms with van der Waals surface area (Å²) in [6.45, 7) is 6.31. The van der Waals surface area contributed by atoms with Crippen LogP contribution in [-0.4, -0.2) is 55.7 Å². The molecule has 1 saturated heterocycles. The maximum atomic E-state index is 12.2. The molecule has 148 valence electrons. The summed E-state index contributed by atoms with van der Waals surface area (Å²) < 4.78 is 15.5. The van der Waals surface area contributed by atoms with Crippen LogP contribution in [0.3, 0.4) is 0 Å². The molecular formula is C20H27NO6. The topological polar surface area (TPSA) is 82.1 Å². The molecule has 0 unspecified atom stereocenters. The van der Waals surface area contributed by atoms with Crippen molar-refractivity contribution < 1.29 is 28.6 Å². The summed E-state index contributed by atoms with van der Waals surface area (Å²) in [5.41, 5.74) is 1.96. The lowest BCUT2D eigenvalue weighted by Crippen LogP contribution is -2.42. The molecule has 0 bridgehead atoms. The summed E-state index contributed by atoms with van der Waals surface area (Å²) in [5.74, 6) is -0.607. The number of carbonyl (C=O) groups is 3. The van der Waals surface area contributed by atoms with Gasteiger partial charge in [0.25, 0.3) is 5.91 Å². The van der Waals surface area contributed by atoms with Crippen molar-refractivity contribution in [1.82, 2.24) is 4.90 Å². The molecule has 0 saturated carbocycles. The van der Waals surface area contributed by atoms with E-state index in [-0.39, 0.29) is 31.0 Å². The molecule has 1 fully saturated rings. The lowest BCUT2D eigenvalue weighted by molar-refractivity contribution is -0.155. The molecule has 0 aromatic heterocycles. The number of likely N-dealkylation sites (tertiary alicyclic amines) is 1. The van der Waals surface area contributed by atoms with Crippen molar-refractivity contribution in [2.24, 2.45) is 5.92 Å². The van der Waals surface area contributed by atoms with Crippen molar-refractivity contribution >= 4 is 17.8 Å². The summed E-state index contributed by atoms with van der Waals surface area (Å²) in [4.78, 5) is 37.3. The average molecular weight is 377 g/mol. The maximum absolute atomic E-state index is 12.2. The van der Waals surface area contributed by atoms with Gasteiger partial charge in [0.2, 0.25) is 0 Å². The first-order chi connectivity index (χ1) is 12.9. The minimum absolute atomic E-state index is 0.164. The van der Waals surface area contributed by atoms with Crippen LogP contribution in [0.2, 0.25) is 0 Å². The minimum atomic E-state index is -0.592. The summed E-state index contributed by atoms with van der Waals surface area (Å²) in [6.07, 6.45) is 1.13. The second-order valence-corrected chi connectivity index (χ2v) is 6.63. The Kier molecular flexibility index (Phi) is 7.64. The van der Waals surface area contributed by atoms with Gasteiger partial charge in [-0.3, -0.25) is 9.59 Å². The Labute approximate surface area is 159 Å². The number of amides is 1.